The van der Waals surface area contributed by atoms with E-state index >= 15 is 0 Å². The SMILES string of the molecule is CCCc1ccc(S(=O)(=O)N2CCC(NS(=O)(=O)c3ccccc3)CC2)cc1. The summed E-state index contributed by atoms with van der Waals surface area (Å²) in [6, 6.07) is 15.0. The van der Waals surface area contributed by atoms with Crippen molar-refractivity contribution in [1.29, 1.82) is 0 Å². The Morgan fingerprint density at radius 3 is 2.07 bits per heavy atom. The predicted octanol–water partition coefficient (Wildman–Crippen LogP) is 2.77. The minimum Gasteiger partial charge on any atom is -0.208 e. The summed E-state index contributed by atoms with van der Waals surface area (Å²) in [4.78, 5) is 0.507. The van der Waals surface area contributed by atoms with Crippen LogP contribution in [0.1, 0.15) is 31.7 Å². The second-order valence-corrected chi connectivity index (χ2v) is 10.7. The van der Waals surface area contributed by atoms with E-state index in [1.807, 2.05) is 12.1 Å². The fraction of sp³-hybridized carbons (Fsp3) is 0.400. The monoisotopic (exact) mass is 422 g/mol. The second-order valence-electron chi connectivity index (χ2n) is 7.01. The number of benzene rings is 2. The van der Waals surface area contributed by atoms with Gasteiger partial charge in [-0.15, -0.1) is 0 Å². The standard InChI is InChI=1S/C20H26N2O4S2/c1-2-6-17-9-11-20(12-10-17)28(25,26)22-15-13-18(14-16-22)21-27(23,24)19-7-4-3-5-8-19/h3-5,7-12,18,21H,2,6,13-16H2,1H3. The Morgan fingerprint density at radius 2 is 1.50 bits per heavy atom. The van der Waals surface area contributed by atoms with Crippen molar-refractivity contribution in [1.82, 2.24) is 9.03 Å². The number of hydrogen-bond donors (Lipinski definition) is 1. The van der Waals surface area contributed by atoms with E-state index in [4.69, 9.17) is 0 Å². The van der Waals surface area contributed by atoms with Gasteiger partial charge in [0.2, 0.25) is 20.0 Å². The Labute approximate surface area is 167 Å². The summed E-state index contributed by atoms with van der Waals surface area (Å²) < 4.78 is 54.7. The van der Waals surface area contributed by atoms with Gasteiger partial charge >= 0.3 is 0 Å². The van der Waals surface area contributed by atoms with E-state index < -0.39 is 20.0 Å². The largest absolute Gasteiger partial charge is 0.243 e. The smallest absolute Gasteiger partial charge is 0.208 e. The Kier molecular flexibility index (Phi) is 6.54. The molecule has 1 fully saturated rings. The highest BCUT2D eigenvalue weighted by Gasteiger charge is 2.31. The third-order valence-corrected chi connectivity index (χ3v) is 8.38. The van der Waals surface area contributed by atoms with Gasteiger partial charge in [-0.1, -0.05) is 43.7 Å². The van der Waals surface area contributed by atoms with Gasteiger partial charge in [0.15, 0.2) is 0 Å². The van der Waals surface area contributed by atoms with Gasteiger partial charge in [-0.3, -0.25) is 0 Å². The Hall–Kier alpha value is -1.74. The molecule has 2 aromatic rings. The van der Waals surface area contributed by atoms with Gasteiger partial charge in [0.25, 0.3) is 0 Å². The molecule has 0 bridgehead atoms. The van der Waals surface area contributed by atoms with Crippen LogP contribution in [0.5, 0.6) is 0 Å². The number of sulfonamides is 2. The first-order valence-corrected chi connectivity index (χ1v) is 12.4. The van der Waals surface area contributed by atoms with E-state index in [2.05, 4.69) is 11.6 Å². The normalized spacial score (nSPS) is 16.9. The summed E-state index contributed by atoms with van der Waals surface area (Å²) in [6.07, 6.45) is 2.82. The van der Waals surface area contributed by atoms with Gasteiger partial charge < -0.3 is 0 Å². The van der Waals surface area contributed by atoms with E-state index in [1.54, 1.807) is 42.5 Å². The van der Waals surface area contributed by atoms with Crippen LogP contribution >= 0.6 is 0 Å². The van der Waals surface area contributed by atoms with Crippen molar-refractivity contribution >= 4 is 20.0 Å². The Balaban J connectivity index is 1.63. The minimum atomic E-state index is -3.59. The maximum Gasteiger partial charge on any atom is 0.243 e. The molecule has 152 valence electrons. The molecule has 0 amide bonds. The van der Waals surface area contributed by atoms with Gasteiger partial charge in [0.1, 0.15) is 0 Å². The summed E-state index contributed by atoms with van der Waals surface area (Å²) >= 11 is 0. The highest BCUT2D eigenvalue weighted by atomic mass is 32.2. The number of piperidine rings is 1. The fourth-order valence-electron chi connectivity index (χ4n) is 3.37. The lowest BCUT2D eigenvalue weighted by molar-refractivity contribution is 0.308. The Bertz CT molecular complexity index is 980. The molecule has 1 aliphatic rings. The quantitative estimate of drug-likeness (QED) is 0.744. The maximum atomic E-state index is 12.9. The van der Waals surface area contributed by atoms with E-state index in [-0.39, 0.29) is 15.8 Å². The molecule has 0 aromatic heterocycles. The highest BCUT2D eigenvalue weighted by Crippen LogP contribution is 2.22. The van der Waals surface area contributed by atoms with Crippen LogP contribution in [0.15, 0.2) is 64.4 Å². The Morgan fingerprint density at radius 1 is 0.893 bits per heavy atom. The summed E-state index contributed by atoms with van der Waals surface area (Å²) in [5.74, 6) is 0. The van der Waals surface area contributed by atoms with Crippen LogP contribution in [0.25, 0.3) is 0 Å². The average Bonchev–Trinajstić information content (AvgIpc) is 2.69. The molecule has 1 N–H and O–H groups in total. The van der Waals surface area contributed by atoms with Crippen LogP contribution in [-0.2, 0) is 26.5 Å². The summed E-state index contributed by atoms with van der Waals surface area (Å²) in [6.45, 7) is 2.67. The molecule has 0 spiro atoms. The van der Waals surface area contributed by atoms with Gasteiger partial charge in [-0.05, 0) is 49.1 Å². The zero-order valence-corrected chi connectivity index (χ0v) is 17.5. The first kappa shape index (κ1) is 21.0. The maximum absolute atomic E-state index is 12.9. The van der Waals surface area contributed by atoms with Crippen LogP contribution in [0.3, 0.4) is 0 Å². The van der Waals surface area contributed by atoms with Crippen molar-refractivity contribution < 1.29 is 16.8 Å². The first-order valence-electron chi connectivity index (χ1n) is 9.49. The first-order chi connectivity index (χ1) is 13.3. The number of nitrogens with zero attached hydrogens (tertiary/aromatic N) is 1. The lowest BCUT2D eigenvalue weighted by Crippen LogP contribution is -2.46. The third kappa shape index (κ3) is 4.81. The van der Waals surface area contributed by atoms with Crippen molar-refractivity contribution in [2.24, 2.45) is 0 Å². The number of aryl methyl sites for hydroxylation is 1. The summed E-state index contributed by atoms with van der Waals surface area (Å²) in [7, 11) is -7.15. The van der Waals surface area contributed by atoms with Gasteiger partial charge in [-0.2, -0.15) is 4.31 Å². The lowest BCUT2D eigenvalue weighted by Gasteiger charge is -2.31. The molecular formula is C20H26N2O4S2. The predicted molar refractivity (Wildman–Crippen MR) is 109 cm³/mol. The van der Waals surface area contributed by atoms with Crippen molar-refractivity contribution in [3.63, 3.8) is 0 Å². The number of rotatable bonds is 7. The third-order valence-electron chi connectivity index (χ3n) is 4.93. The summed E-state index contributed by atoms with van der Waals surface area (Å²) in [5, 5.41) is 0. The molecular weight excluding hydrogens is 396 g/mol. The molecule has 8 heteroatoms. The topological polar surface area (TPSA) is 83.6 Å². The van der Waals surface area contributed by atoms with Crippen LogP contribution in [0.2, 0.25) is 0 Å². The molecule has 1 aliphatic heterocycles. The molecule has 1 heterocycles. The molecule has 28 heavy (non-hydrogen) atoms. The zero-order chi connectivity index (χ0) is 20.2. The average molecular weight is 423 g/mol. The molecule has 3 rings (SSSR count). The second kappa shape index (κ2) is 8.73. The molecule has 0 aliphatic carbocycles. The number of hydrogen-bond acceptors (Lipinski definition) is 4. The van der Waals surface area contributed by atoms with Crippen molar-refractivity contribution in [3.8, 4) is 0 Å². The van der Waals surface area contributed by atoms with Crippen molar-refractivity contribution in [2.45, 2.75) is 48.4 Å². The molecule has 2 aromatic carbocycles. The van der Waals surface area contributed by atoms with Crippen LogP contribution in [0.4, 0.5) is 0 Å². The van der Waals surface area contributed by atoms with E-state index in [1.165, 1.54) is 4.31 Å². The zero-order valence-electron chi connectivity index (χ0n) is 15.9. The van der Waals surface area contributed by atoms with Crippen LogP contribution < -0.4 is 4.72 Å². The van der Waals surface area contributed by atoms with Crippen LogP contribution in [0, 0.1) is 0 Å². The van der Waals surface area contributed by atoms with Crippen LogP contribution in [-0.4, -0.2) is 40.3 Å². The van der Waals surface area contributed by atoms with Crippen molar-refractivity contribution in [2.75, 3.05) is 13.1 Å². The molecule has 6 nitrogen and oxygen atoms in total. The molecule has 1 saturated heterocycles. The van der Waals surface area contributed by atoms with E-state index in [0.717, 1.165) is 18.4 Å². The van der Waals surface area contributed by atoms with Gasteiger partial charge in [0.05, 0.1) is 9.79 Å². The fourth-order valence-corrected chi connectivity index (χ4v) is 6.16. The van der Waals surface area contributed by atoms with E-state index in [0.29, 0.717) is 25.9 Å². The minimum absolute atomic E-state index is 0.220. The van der Waals surface area contributed by atoms with Gasteiger partial charge in [0, 0.05) is 19.1 Å². The van der Waals surface area contributed by atoms with Crippen molar-refractivity contribution in [3.05, 3.63) is 60.2 Å². The van der Waals surface area contributed by atoms with Gasteiger partial charge in [-0.25, -0.2) is 21.6 Å². The summed E-state index contributed by atoms with van der Waals surface area (Å²) in [5.41, 5.74) is 1.12. The number of nitrogens with one attached hydrogen (secondary N) is 1. The highest BCUT2D eigenvalue weighted by molar-refractivity contribution is 7.89. The molecule has 0 atom stereocenters. The van der Waals surface area contributed by atoms with E-state index in [9.17, 15) is 16.8 Å². The lowest BCUT2D eigenvalue weighted by atomic mass is 10.1. The molecule has 0 unspecified atom stereocenters. The molecule has 0 saturated carbocycles. The molecule has 0 radical (unpaired) electrons.